The van der Waals surface area contributed by atoms with Gasteiger partial charge in [0.2, 0.25) is 0 Å². The average Bonchev–Trinajstić information content (AvgIpc) is 2.68. The van der Waals surface area contributed by atoms with Crippen LogP contribution in [-0.4, -0.2) is 48.2 Å². The summed E-state index contributed by atoms with van der Waals surface area (Å²) in [4.78, 5) is 6.20. The van der Waals surface area contributed by atoms with Crippen molar-refractivity contribution >= 4 is 0 Å². The molecule has 0 atom stereocenters. The predicted molar refractivity (Wildman–Crippen MR) is 62.9 cm³/mol. The highest BCUT2D eigenvalue weighted by Gasteiger charge is 1.92. The maximum atomic E-state index is 4.01. The van der Waals surface area contributed by atoms with Crippen molar-refractivity contribution in [2.24, 2.45) is 0 Å². The van der Waals surface area contributed by atoms with Crippen LogP contribution in [0.5, 0.6) is 0 Å². The second-order valence-corrected chi connectivity index (χ2v) is 4.06. The second kappa shape index (κ2) is 7.43. The highest BCUT2D eigenvalue weighted by molar-refractivity contribution is 4.73. The van der Waals surface area contributed by atoms with Crippen molar-refractivity contribution in [1.29, 1.82) is 0 Å². The van der Waals surface area contributed by atoms with Crippen LogP contribution in [0.2, 0.25) is 0 Å². The second-order valence-electron chi connectivity index (χ2n) is 4.06. The van der Waals surface area contributed by atoms with Crippen molar-refractivity contribution in [2.45, 2.75) is 19.4 Å². The molecular formula is C11H22N4. The van der Waals surface area contributed by atoms with Crippen LogP contribution in [0.3, 0.4) is 0 Å². The van der Waals surface area contributed by atoms with E-state index in [0.717, 1.165) is 26.2 Å². The number of rotatable bonds is 8. The van der Waals surface area contributed by atoms with Gasteiger partial charge in [-0.25, -0.2) is 4.98 Å². The first-order valence-electron chi connectivity index (χ1n) is 5.60. The number of likely N-dealkylation sites (N-methyl/N-ethyl adjacent to an activating group) is 1. The van der Waals surface area contributed by atoms with Crippen LogP contribution >= 0.6 is 0 Å². The van der Waals surface area contributed by atoms with E-state index in [4.69, 9.17) is 0 Å². The maximum absolute atomic E-state index is 4.01. The first kappa shape index (κ1) is 12.2. The Morgan fingerprint density at radius 3 is 2.80 bits per heavy atom. The van der Waals surface area contributed by atoms with Crippen LogP contribution < -0.4 is 5.32 Å². The third-order valence-electron chi connectivity index (χ3n) is 2.31. The van der Waals surface area contributed by atoms with Crippen LogP contribution in [0.1, 0.15) is 12.8 Å². The van der Waals surface area contributed by atoms with E-state index in [1.54, 1.807) is 0 Å². The minimum absolute atomic E-state index is 1.08. The minimum Gasteiger partial charge on any atom is -0.337 e. The van der Waals surface area contributed by atoms with Crippen molar-refractivity contribution in [3.8, 4) is 0 Å². The lowest BCUT2D eigenvalue weighted by Gasteiger charge is -2.10. The van der Waals surface area contributed by atoms with Crippen molar-refractivity contribution < 1.29 is 0 Å². The van der Waals surface area contributed by atoms with E-state index in [1.165, 1.54) is 12.8 Å². The monoisotopic (exact) mass is 210 g/mol. The van der Waals surface area contributed by atoms with Gasteiger partial charge >= 0.3 is 0 Å². The molecule has 0 aliphatic heterocycles. The largest absolute Gasteiger partial charge is 0.337 e. The Kier molecular flexibility index (Phi) is 6.04. The number of aromatic nitrogens is 2. The summed E-state index contributed by atoms with van der Waals surface area (Å²) in [5.41, 5.74) is 0. The quantitative estimate of drug-likeness (QED) is 0.645. The Hall–Kier alpha value is -0.870. The molecule has 0 saturated heterocycles. The van der Waals surface area contributed by atoms with E-state index in [1.807, 2.05) is 18.7 Å². The van der Waals surface area contributed by atoms with Gasteiger partial charge in [0, 0.05) is 32.0 Å². The molecule has 0 bridgehead atoms. The zero-order valence-corrected chi connectivity index (χ0v) is 9.82. The fourth-order valence-electron chi connectivity index (χ4n) is 1.39. The van der Waals surface area contributed by atoms with E-state index in [2.05, 4.69) is 33.9 Å². The van der Waals surface area contributed by atoms with E-state index >= 15 is 0 Å². The zero-order chi connectivity index (χ0) is 10.9. The lowest BCUT2D eigenvalue weighted by atomic mass is 10.3. The van der Waals surface area contributed by atoms with Gasteiger partial charge in [-0.2, -0.15) is 0 Å². The van der Waals surface area contributed by atoms with Crippen LogP contribution in [-0.2, 0) is 6.54 Å². The average molecular weight is 210 g/mol. The SMILES string of the molecule is CN(C)CCNCCCCn1ccnc1. The maximum Gasteiger partial charge on any atom is 0.0945 e. The van der Waals surface area contributed by atoms with Gasteiger partial charge in [0.15, 0.2) is 0 Å². The Bertz CT molecular complexity index is 231. The summed E-state index contributed by atoms with van der Waals surface area (Å²) >= 11 is 0. The van der Waals surface area contributed by atoms with Gasteiger partial charge in [-0.05, 0) is 33.5 Å². The molecule has 1 N–H and O–H groups in total. The summed E-state index contributed by atoms with van der Waals surface area (Å²) in [5, 5.41) is 3.43. The first-order chi connectivity index (χ1) is 7.29. The molecule has 0 fully saturated rings. The molecule has 0 radical (unpaired) electrons. The third-order valence-corrected chi connectivity index (χ3v) is 2.31. The van der Waals surface area contributed by atoms with Crippen molar-refractivity contribution in [3.05, 3.63) is 18.7 Å². The molecule has 1 aromatic rings. The van der Waals surface area contributed by atoms with Gasteiger partial charge in [0.05, 0.1) is 6.33 Å². The topological polar surface area (TPSA) is 33.1 Å². The number of nitrogens with zero attached hydrogens (tertiary/aromatic N) is 3. The Balaban J connectivity index is 1.85. The molecule has 0 aromatic carbocycles. The van der Waals surface area contributed by atoms with Crippen molar-refractivity contribution in [2.75, 3.05) is 33.7 Å². The number of hydrogen-bond donors (Lipinski definition) is 1. The predicted octanol–water partition coefficient (Wildman–Crippen LogP) is 0.814. The van der Waals surface area contributed by atoms with Crippen LogP contribution in [0.25, 0.3) is 0 Å². The molecule has 1 aromatic heterocycles. The van der Waals surface area contributed by atoms with Gasteiger partial charge in [-0.15, -0.1) is 0 Å². The number of hydrogen-bond acceptors (Lipinski definition) is 3. The van der Waals surface area contributed by atoms with Gasteiger partial charge in [-0.3, -0.25) is 0 Å². The van der Waals surface area contributed by atoms with E-state index in [0.29, 0.717) is 0 Å². The third kappa shape index (κ3) is 6.25. The van der Waals surface area contributed by atoms with Crippen LogP contribution in [0.15, 0.2) is 18.7 Å². The van der Waals surface area contributed by atoms with Crippen molar-refractivity contribution in [3.63, 3.8) is 0 Å². The standard InChI is InChI=1S/C11H22N4/c1-14(2)9-6-12-5-3-4-8-15-10-7-13-11-15/h7,10-12H,3-6,8-9H2,1-2H3. The molecule has 0 saturated carbocycles. The summed E-state index contributed by atoms with van der Waals surface area (Å²) < 4.78 is 2.12. The van der Waals surface area contributed by atoms with Gasteiger partial charge in [0.25, 0.3) is 0 Å². The summed E-state index contributed by atoms with van der Waals surface area (Å²) in [7, 11) is 4.20. The number of nitrogens with one attached hydrogen (secondary N) is 1. The smallest absolute Gasteiger partial charge is 0.0945 e. The molecule has 4 heteroatoms. The molecule has 0 amide bonds. The summed E-state index contributed by atoms with van der Waals surface area (Å²) in [6.07, 6.45) is 8.16. The molecular weight excluding hydrogens is 188 g/mol. The zero-order valence-electron chi connectivity index (χ0n) is 9.82. The first-order valence-corrected chi connectivity index (χ1v) is 5.60. The minimum atomic E-state index is 1.08. The summed E-state index contributed by atoms with van der Waals surface area (Å²) in [6.45, 7) is 4.39. The highest BCUT2D eigenvalue weighted by atomic mass is 15.1. The normalized spacial score (nSPS) is 11.1. The van der Waals surface area contributed by atoms with Crippen LogP contribution in [0, 0.1) is 0 Å². The number of aryl methyl sites for hydroxylation is 1. The van der Waals surface area contributed by atoms with Crippen molar-refractivity contribution in [1.82, 2.24) is 19.8 Å². The molecule has 0 unspecified atom stereocenters. The Morgan fingerprint density at radius 1 is 1.27 bits per heavy atom. The fourth-order valence-corrected chi connectivity index (χ4v) is 1.39. The Labute approximate surface area is 92.3 Å². The van der Waals surface area contributed by atoms with Crippen LogP contribution in [0.4, 0.5) is 0 Å². The van der Waals surface area contributed by atoms with Gasteiger partial charge in [0.1, 0.15) is 0 Å². The highest BCUT2D eigenvalue weighted by Crippen LogP contribution is 1.93. The molecule has 0 aliphatic carbocycles. The molecule has 1 heterocycles. The summed E-state index contributed by atoms with van der Waals surface area (Å²) in [5.74, 6) is 0. The summed E-state index contributed by atoms with van der Waals surface area (Å²) in [6, 6.07) is 0. The Morgan fingerprint density at radius 2 is 2.13 bits per heavy atom. The van der Waals surface area contributed by atoms with E-state index < -0.39 is 0 Å². The lowest BCUT2D eigenvalue weighted by molar-refractivity contribution is 0.398. The number of imidazole rings is 1. The number of unbranched alkanes of at least 4 members (excludes halogenated alkanes) is 1. The van der Waals surface area contributed by atoms with Gasteiger partial charge in [-0.1, -0.05) is 0 Å². The molecule has 86 valence electrons. The molecule has 15 heavy (non-hydrogen) atoms. The molecule has 0 spiro atoms. The lowest BCUT2D eigenvalue weighted by Crippen LogP contribution is -2.27. The van der Waals surface area contributed by atoms with Gasteiger partial charge < -0.3 is 14.8 Å². The van der Waals surface area contributed by atoms with E-state index in [-0.39, 0.29) is 0 Å². The molecule has 0 aliphatic rings. The molecule has 4 nitrogen and oxygen atoms in total. The van der Waals surface area contributed by atoms with E-state index in [9.17, 15) is 0 Å². The fraction of sp³-hybridized carbons (Fsp3) is 0.727. The molecule has 1 rings (SSSR count).